The molecule has 0 spiro atoms. The van der Waals surface area contributed by atoms with Crippen LogP contribution in [0.5, 0.6) is 0 Å². The summed E-state index contributed by atoms with van der Waals surface area (Å²) in [7, 11) is 0. The number of rotatable bonds is 1. The van der Waals surface area contributed by atoms with Gasteiger partial charge in [0.2, 0.25) is 0 Å². The van der Waals surface area contributed by atoms with Crippen molar-refractivity contribution >= 4 is 54.9 Å². The number of hydrogen-bond acceptors (Lipinski definition) is 0. The average molecular weight is 416 g/mol. The number of hydrogen-bond donors (Lipinski definition) is 0. The van der Waals surface area contributed by atoms with Crippen LogP contribution in [0.2, 0.25) is 0 Å². The summed E-state index contributed by atoms with van der Waals surface area (Å²) >= 11 is 7.09. The fraction of sp³-hybridized carbons (Fsp3) is 0. The van der Waals surface area contributed by atoms with Gasteiger partial charge in [-0.15, -0.1) is 0 Å². The van der Waals surface area contributed by atoms with E-state index in [2.05, 4.69) is 56.1 Å². The molecule has 4 heteroatoms. The zero-order valence-electron chi connectivity index (χ0n) is 8.46. The summed E-state index contributed by atoms with van der Waals surface area (Å²) in [4.78, 5) is 0. The van der Waals surface area contributed by atoms with Gasteiger partial charge in [0, 0.05) is 8.95 Å². The molecular formula is C12H8Br3Mg+. The summed E-state index contributed by atoms with van der Waals surface area (Å²) in [5.74, 6) is 0. The fourth-order valence-electron chi connectivity index (χ4n) is 1.36. The minimum Gasteiger partial charge on any atom is -1.00 e. The molecule has 0 amide bonds. The molecule has 0 bridgehead atoms. The third-order valence-electron chi connectivity index (χ3n) is 2.04. The molecule has 2 aromatic carbocycles. The van der Waals surface area contributed by atoms with Gasteiger partial charge in [-0.1, -0.05) is 68.3 Å². The van der Waals surface area contributed by atoms with Crippen molar-refractivity contribution in [1.82, 2.24) is 0 Å². The predicted molar refractivity (Wildman–Crippen MR) is 73.0 cm³/mol. The molecular weight excluding hydrogens is 408 g/mol. The Labute approximate surface area is 139 Å². The summed E-state index contributed by atoms with van der Waals surface area (Å²) in [5, 5.41) is 0. The zero-order chi connectivity index (χ0) is 9.97. The van der Waals surface area contributed by atoms with Crippen molar-refractivity contribution in [3.63, 3.8) is 0 Å². The van der Waals surface area contributed by atoms with Crippen LogP contribution in [0.4, 0.5) is 0 Å². The van der Waals surface area contributed by atoms with Crippen molar-refractivity contribution < 1.29 is 17.0 Å². The molecule has 0 radical (unpaired) electrons. The van der Waals surface area contributed by atoms with Crippen LogP contribution in [0.1, 0.15) is 0 Å². The molecule has 2 aromatic rings. The maximum Gasteiger partial charge on any atom is 2.00 e. The van der Waals surface area contributed by atoms with E-state index in [9.17, 15) is 0 Å². The molecule has 0 saturated heterocycles. The molecule has 0 aliphatic carbocycles. The molecule has 2 rings (SSSR count). The van der Waals surface area contributed by atoms with Crippen LogP contribution < -0.4 is 17.0 Å². The van der Waals surface area contributed by atoms with Crippen molar-refractivity contribution in [2.75, 3.05) is 0 Å². The molecule has 0 aliphatic rings. The van der Waals surface area contributed by atoms with Crippen LogP contribution in [0, 0.1) is 0 Å². The van der Waals surface area contributed by atoms with Crippen molar-refractivity contribution in [1.29, 1.82) is 0 Å². The smallest absolute Gasteiger partial charge is 1.00 e. The van der Waals surface area contributed by atoms with Gasteiger partial charge >= 0.3 is 23.1 Å². The molecule has 0 fully saturated rings. The van der Waals surface area contributed by atoms with Gasteiger partial charge in [0.25, 0.3) is 0 Å². The predicted octanol–water partition coefficient (Wildman–Crippen LogP) is 1.50. The maximum absolute atomic E-state index is 3.55. The molecule has 0 aliphatic heterocycles. The van der Waals surface area contributed by atoms with Crippen LogP contribution in [0.25, 0.3) is 11.1 Å². The fourth-order valence-corrected chi connectivity index (χ4v) is 2.36. The Morgan fingerprint density at radius 3 is 1.25 bits per heavy atom. The second kappa shape index (κ2) is 7.87. The number of halogens is 3. The molecule has 0 N–H and O–H groups in total. The quantitative estimate of drug-likeness (QED) is 0.619. The van der Waals surface area contributed by atoms with Crippen molar-refractivity contribution in [2.24, 2.45) is 0 Å². The van der Waals surface area contributed by atoms with Crippen molar-refractivity contribution in [3.8, 4) is 11.1 Å². The molecule has 16 heavy (non-hydrogen) atoms. The first-order valence-corrected chi connectivity index (χ1v) is 5.87. The monoisotopic (exact) mass is 413 g/mol. The molecule has 78 valence electrons. The van der Waals surface area contributed by atoms with E-state index in [0.717, 1.165) is 8.95 Å². The molecule has 0 saturated carbocycles. The first-order valence-electron chi connectivity index (χ1n) is 4.28. The van der Waals surface area contributed by atoms with Gasteiger partial charge in [-0.2, -0.15) is 0 Å². The molecule has 0 heterocycles. The van der Waals surface area contributed by atoms with Gasteiger partial charge in [-0.05, 0) is 23.3 Å². The Balaban J connectivity index is 0.00000112. The van der Waals surface area contributed by atoms with E-state index in [1.165, 1.54) is 11.1 Å². The Kier molecular flexibility index (Phi) is 8.19. The van der Waals surface area contributed by atoms with Gasteiger partial charge in [0.05, 0.1) is 0 Å². The third kappa shape index (κ3) is 3.84. The second-order valence-corrected chi connectivity index (χ2v) is 4.67. The summed E-state index contributed by atoms with van der Waals surface area (Å²) in [6.45, 7) is 0. The normalized spacial score (nSPS) is 8.88. The van der Waals surface area contributed by atoms with E-state index in [0.29, 0.717) is 0 Å². The van der Waals surface area contributed by atoms with Crippen LogP contribution in [-0.2, 0) is 0 Å². The van der Waals surface area contributed by atoms with Crippen LogP contribution in [0.3, 0.4) is 0 Å². The molecule has 0 atom stereocenters. The first-order chi connectivity index (χ1) is 6.79. The van der Waals surface area contributed by atoms with Crippen LogP contribution >= 0.6 is 31.9 Å². The average Bonchev–Trinajstić information content (AvgIpc) is 2.20. The van der Waals surface area contributed by atoms with E-state index in [1.54, 1.807) is 0 Å². The standard InChI is InChI=1S/C12H8Br2.BrH.Mg/c13-11-7-3-1-5-9(11)10-6-2-4-8-12(10)14;;/h1-8H;1H;/q;;+2/p-1. The largest absolute Gasteiger partial charge is 2.00 e. The first kappa shape index (κ1) is 16.6. The number of benzene rings is 2. The minimum absolute atomic E-state index is 0. The summed E-state index contributed by atoms with van der Waals surface area (Å²) < 4.78 is 2.24. The van der Waals surface area contributed by atoms with E-state index >= 15 is 0 Å². The molecule has 0 nitrogen and oxygen atoms in total. The molecule has 0 aromatic heterocycles. The Morgan fingerprint density at radius 1 is 0.625 bits per heavy atom. The van der Waals surface area contributed by atoms with Crippen molar-refractivity contribution in [3.05, 3.63) is 57.5 Å². The summed E-state index contributed by atoms with van der Waals surface area (Å²) in [5.41, 5.74) is 2.42. The van der Waals surface area contributed by atoms with Gasteiger partial charge in [-0.25, -0.2) is 0 Å². The second-order valence-electron chi connectivity index (χ2n) is 2.96. The minimum atomic E-state index is 0. The third-order valence-corrected chi connectivity index (χ3v) is 3.42. The zero-order valence-corrected chi connectivity index (χ0v) is 14.6. The summed E-state index contributed by atoms with van der Waals surface area (Å²) in [6, 6.07) is 16.4. The van der Waals surface area contributed by atoms with Crippen LogP contribution in [0.15, 0.2) is 57.5 Å². The van der Waals surface area contributed by atoms with Gasteiger partial charge in [-0.3, -0.25) is 0 Å². The SMILES string of the molecule is Brc1ccccc1-c1ccccc1Br.[Br-].[Mg+2]. The van der Waals surface area contributed by atoms with E-state index < -0.39 is 0 Å². The molecule has 0 unspecified atom stereocenters. The van der Waals surface area contributed by atoms with E-state index in [4.69, 9.17) is 0 Å². The van der Waals surface area contributed by atoms with Crippen LogP contribution in [-0.4, -0.2) is 23.1 Å². The Bertz CT molecular complexity index is 414. The Morgan fingerprint density at radius 2 is 0.938 bits per heavy atom. The van der Waals surface area contributed by atoms with Gasteiger partial charge in [0.1, 0.15) is 0 Å². The van der Waals surface area contributed by atoms with Crippen molar-refractivity contribution in [2.45, 2.75) is 0 Å². The summed E-state index contributed by atoms with van der Waals surface area (Å²) in [6.07, 6.45) is 0. The van der Waals surface area contributed by atoms with Gasteiger partial charge < -0.3 is 17.0 Å². The van der Waals surface area contributed by atoms with E-state index in [-0.39, 0.29) is 40.0 Å². The Hall–Kier alpha value is 0.646. The van der Waals surface area contributed by atoms with E-state index in [1.807, 2.05) is 24.3 Å². The maximum atomic E-state index is 3.55. The van der Waals surface area contributed by atoms with Gasteiger partial charge in [0.15, 0.2) is 0 Å². The topological polar surface area (TPSA) is 0 Å².